The van der Waals surface area contributed by atoms with Gasteiger partial charge in [-0.05, 0) is 37.6 Å². The van der Waals surface area contributed by atoms with Crippen molar-refractivity contribution in [1.82, 2.24) is 10.2 Å². The van der Waals surface area contributed by atoms with Crippen LogP contribution in [0.25, 0.3) is 0 Å². The van der Waals surface area contributed by atoms with Crippen molar-refractivity contribution < 1.29 is 13.9 Å². The molecule has 1 aromatic rings. The zero-order valence-electron chi connectivity index (χ0n) is 12.3. The summed E-state index contributed by atoms with van der Waals surface area (Å²) < 4.78 is 18.1. The molecule has 21 heavy (non-hydrogen) atoms. The lowest BCUT2D eigenvalue weighted by atomic mass is 10.2. The maximum absolute atomic E-state index is 13.0. The Labute approximate surface area is 124 Å². The lowest BCUT2D eigenvalue weighted by Crippen LogP contribution is -2.42. The van der Waals surface area contributed by atoms with Gasteiger partial charge in [-0.1, -0.05) is 6.07 Å². The number of urea groups is 1. The highest BCUT2D eigenvalue weighted by molar-refractivity contribution is 5.89. The topological polar surface area (TPSA) is 53.6 Å². The molecule has 1 heterocycles. The Morgan fingerprint density at radius 2 is 2.38 bits per heavy atom. The van der Waals surface area contributed by atoms with Crippen LogP contribution in [0.1, 0.15) is 12.8 Å². The van der Waals surface area contributed by atoms with Crippen LogP contribution in [0.15, 0.2) is 24.3 Å². The third kappa shape index (κ3) is 4.99. The predicted octanol–water partition coefficient (Wildman–Crippen LogP) is 2.06. The third-order valence-corrected chi connectivity index (χ3v) is 3.66. The first-order valence-corrected chi connectivity index (χ1v) is 7.22. The van der Waals surface area contributed by atoms with Crippen LogP contribution in [0, 0.1) is 5.82 Å². The minimum atomic E-state index is -0.366. The molecule has 2 N–H and O–H groups in total. The fraction of sp³-hybridized carbons (Fsp3) is 0.533. The van der Waals surface area contributed by atoms with E-state index in [2.05, 4.69) is 15.5 Å². The monoisotopic (exact) mass is 295 g/mol. The van der Waals surface area contributed by atoms with Crippen molar-refractivity contribution in [2.75, 3.05) is 38.7 Å². The van der Waals surface area contributed by atoms with E-state index in [1.165, 1.54) is 12.1 Å². The number of anilines is 1. The van der Waals surface area contributed by atoms with Crippen LogP contribution in [0.2, 0.25) is 0 Å². The molecule has 1 aliphatic rings. The number of amides is 2. The molecule has 0 aliphatic carbocycles. The van der Waals surface area contributed by atoms with Crippen LogP contribution < -0.4 is 10.6 Å². The van der Waals surface area contributed by atoms with E-state index >= 15 is 0 Å². The molecule has 0 aromatic heterocycles. The molecule has 0 radical (unpaired) electrons. The molecule has 116 valence electrons. The molecule has 1 aromatic carbocycles. The number of hydrogen-bond acceptors (Lipinski definition) is 3. The van der Waals surface area contributed by atoms with Crippen molar-refractivity contribution in [1.29, 1.82) is 0 Å². The standard InChI is InChI=1S/C15H22FN3O2/c1-21-9-8-19-7-3-6-14(19)11-17-15(20)18-13-5-2-4-12(16)10-13/h2,4-5,10,14H,3,6-9,11H2,1H3,(H2,17,18,20)/t14-/m1/s1. The number of rotatable bonds is 6. The lowest BCUT2D eigenvalue weighted by molar-refractivity contribution is 0.140. The van der Waals surface area contributed by atoms with Gasteiger partial charge in [-0.2, -0.15) is 0 Å². The average molecular weight is 295 g/mol. The molecule has 0 spiro atoms. The van der Waals surface area contributed by atoms with Crippen molar-refractivity contribution >= 4 is 11.7 Å². The van der Waals surface area contributed by atoms with E-state index in [0.29, 0.717) is 24.9 Å². The number of likely N-dealkylation sites (tertiary alicyclic amines) is 1. The first kappa shape index (κ1) is 15.7. The summed E-state index contributed by atoms with van der Waals surface area (Å²) in [5, 5.41) is 5.48. The van der Waals surface area contributed by atoms with E-state index in [1.807, 2.05) is 0 Å². The van der Waals surface area contributed by atoms with Crippen LogP contribution >= 0.6 is 0 Å². The average Bonchev–Trinajstić information content (AvgIpc) is 2.90. The minimum absolute atomic E-state index is 0.306. The van der Waals surface area contributed by atoms with Gasteiger partial charge in [0, 0.05) is 31.9 Å². The van der Waals surface area contributed by atoms with E-state index in [0.717, 1.165) is 25.9 Å². The van der Waals surface area contributed by atoms with Gasteiger partial charge in [0.15, 0.2) is 0 Å². The van der Waals surface area contributed by atoms with Gasteiger partial charge >= 0.3 is 6.03 Å². The Balaban J connectivity index is 1.75. The maximum atomic E-state index is 13.0. The van der Waals surface area contributed by atoms with Crippen LogP contribution in [0.3, 0.4) is 0 Å². The predicted molar refractivity (Wildman–Crippen MR) is 79.9 cm³/mol. The second-order valence-electron chi connectivity index (χ2n) is 5.17. The van der Waals surface area contributed by atoms with Gasteiger partial charge in [-0.25, -0.2) is 9.18 Å². The Morgan fingerprint density at radius 3 is 3.14 bits per heavy atom. The summed E-state index contributed by atoms with van der Waals surface area (Å²) in [4.78, 5) is 14.1. The SMILES string of the molecule is COCCN1CCC[C@@H]1CNC(=O)Nc1cccc(F)c1. The number of carbonyl (C=O) groups excluding carboxylic acids is 1. The fourth-order valence-corrected chi connectivity index (χ4v) is 2.58. The molecule has 0 unspecified atom stereocenters. The number of ether oxygens (including phenoxy) is 1. The van der Waals surface area contributed by atoms with Gasteiger partial charge in [0.25, 0.3) is 0 Å². The highest BCUT2D eigenvalue weighted by Gasteiger charge is 2.24. The summed E-state index contributed by atoms with van der Waals surface area (Å²) in [6.07, 6.45) is 2.21. The summed E-state index contributed by atoms with van der Waals surface area (Å²) >= 11 is 0. The maximum Gasteiger partial charge on any atom is 0.319 e. The quantitative estimate of drug-likeness (QED) is 0.844. The summed E-state index contributed by atoms with van der Waals surface area (Å²) in [6.45, 7) is 3.21. The third-order valence-electron chi connectivity index (χ3n) is 3.66. The van der Waals surface area contributed by atoms with Crippen LogP contribution in [0.4, 0.5) is 14.9 Å². The molecule has 2 rings (SSSR count). The molecule has 1 saturated heterocycles. The molecule has 6 heteroatoms. The zero-order valence-corrected chi connectivity index (χ0v) is 12.3. The smallest absolute Gasteiger partial charge is 0.319 e. The van der Waals surface area contributed by atoms with Crippen molar-refractivity contribution in [3.8, 4) is 0 Å². The number of methoxy groups -OCH3 is 1. The van der Waals surface area contributed by atoms with Crippen molar-refractivity contribution in [3.63, 3.8) is 0 Å². The first-order chi connectivity index (χ1) is 10.2. The molecule has 1 aliphatic heterocycles. The van der Waals surface area contributed by atoms with Crippen molar-refractivity contribution in [2.45, 2.75) is 18.9 Å². The van der Waals surface area contributed by atoms with E-state index < -0.39 is 0 Å². The molecular weight excluding hydrogens is 273 g/mol. The largest absolute Gasteiger partial charge is 0.383 e. The molecule has 2 amide bonds. The lowest BCUT2D eigenvalue weighted by Gasteiger charge is -2.24. The minimum Gasteiger partial charge on any atom is -0.383 e. The van der Waals surface area contributed by atoms with Crippen LogP contribution in [-0.4, -0.2) is 50.3 Å². The van der Waals surface area contributed by atoms with Gasteiger partial charge < -0.3 is 15.4 Å². The number of hydrogen-bond donors (Lipinski definition) is 2. The fourth-order valence-electron chi connectivity index (χ4n) is 2.58. The molecular formula is C15H22FN3O2. The summed E-state index contributed by atoms with van der Waals surface area (Å²) in [6, 6.07) is 5.89. The Bertz CT molecular complexity index is 470. The second kappa shape index (κ2) is 7.95. The van der Waals surface area contributed by atoms with Crippen LogP contribution in [0.5, 0.6) is 0 Å². The summed E-state index contributed by atoms with van der Waals surface area (Å²) in [5.41, 5.74) is 0.454. The second-order valence-corrected chi connectivity index (χ2v) is 5.17. The molecule has 1 fully saturated rings. The Morgan fingerprint density at radius 1 is 1.52 bits per heavy atom. The highest BCUT2D eigenvalue weighted by atomic mass is 19.1. The number of benzene rings is 1. The Hall–Kier alpha value is -1.66. The summed E-state index contributed by atoms with van der Waals surface area (Å²) in [5.74, 6) is -0.366. The van der Waals surface area contributed by atoms with E-state index in [9.17, 15) is 9.18 Å². The van der Waals surface area contributed by atoms with Gasteiger partial charge in [0.2, 0.25) is 0 Å². The highest BCUT2D eigenvalue weighted by Crippen LogP contribution is 2.16. The van der Waals surface area contributed by atoms with Crippen molar-refractivity contribution in [2.24, 2.45) is 0 Å². The number of halogens is 1. The molecule has 0 saturated carbocycles. The van der Waals surface area contributed by atoms with Gasteiger partial charge in [0.05, 0.1) is 6.61 Å². The van der Waals surface area contributed by atoms with E-state index in [4.69, 9.17) is 4.74 Å². The molecule has 0 bridgehead atoms. The summed E-state index contributed by atoms with van der Waals surface area (Å²) in [7, 11) is 1.69. The van der Waals surface area contributed by atoms with E-state index in [1.54, 1.807) is 19.2 Å². The van der Waals surface area contributed by atoms with Gasteiger partial charge in [0.1, 0.15) is 5.82 Å². The Kier molecular flexibility index (Phi) is 5.95. The number of nitrogens with zero attached hydrogens (tertiary/aromatic N) is 1. The zero-order chi connectivity index (χ0) is 15.1. The number of carbonyl (C=O) groups is 1. The molecule has 5 nitrogen and oxygen atoms in total. The molecule has 1 atom stereocenters. The first-order valence-electron chi connectivity index (χ1n) is 7.22. The van der Waals surface area contributed by atoms with Gasteiger partial charge in [-0.15, -0.1) is 0 Å². The van der Waals surface area contributed by atoms with Crippen LogP contribution in [-0.2, 0) is 4.74 Å². The number of nitrogens with one attached hydrogen (secondary N) is 2. The van der Waals surface area contributed by atoms with Gasteiger partial charge in [-0.3, -0.25) is 4.90 Å². The van der Waals surface area contributed by atoms with E-state index in [-0.39, 0.29) is 11.8 Å². The van der Waals surface area contributed by atoms with Crippen molar-refractivity contribution in [3.05, 3.63) is 30.1 Å². The normalized spacial score (nSPS) is 18.7.